The van der Waals surface area contributed by atoms with Crippen LogP contribution in [-0.4, -0.2) is 28.1 Å². The van der Waals surface area contributed by atoms with Crippen molar-refractivity contribution in [1.29, 1.82) is 0 Å². The average Bonchev–Trinajstić information content (AvgIpc) is 2.85. The Morgan fingerprint density at radius 1 is 0.972 bits per heavy atom. The zero-order valence-electron chi connectivity index (χ0n) is 21.2. The molecule has 0 bridgehead atoms. The van der Waals surface area contributed by atoms with Crippen molar-refractivity contribution >= 4 is 17.6 Å². The minimum Gasteiger partial charge on any atom is -0.490 e. The molecule has 3 aromatic rings. The zero-order valence-corrected chi connectivity index (χ0v) is 21.2. The molecule has 190 valence electrons. The zero-order chi connectivity index (χ0) is 26.1. The number of amides is 1. The number of aromatic carboxylic acids is 1. The van der Waals surface area contributed by atoms with Gasteiger partial charge in [-0.2, -0.15) is 0 Å². The SMILES string of the molecule is CCC(C)C(CC(C)C)Oc1ccc(Oc2ccc(CC(=O)Nc3ccccc3C(=O)O)cn2)cc1. The van der Waals surface area contributed by atoms with Crippen molar-refractivity contribution in [3.63, 3.8) is 0 Å². The van der Waals surface area contributed by atoms with Gasteiger partial charge >= 0.3 is 5.97 Å². The molecule has 2 aromatic carbocycles. The van der Waals surface area contributed by atoms with Crippen molar-refractivity contribution in [2.75, 3.05) is 5.32 Å². The number of para-hydroxylation sites is 1. The van der Waals surface area contributed by atoms with Crippen LogP contribution in [0.1, 0.15) is 56.5 Å². The molecule has 7 nitrogen and oxygen atoms in total. The minimum atomic E-state index is -1.10. The summed E-state index contributed by atoms with van der Waals surface area (Å²) in [6.45, 7) is 8.82. The van der Waals surface area contributed by atoms with E-state index in [1.807, 2.05) is 24.3 Å². The monoisotopic (exact) mass is 490 g/mol. The van der Waals surface area contributed by atoms with Gasteiger partial charge in [-0.25, -0.2) is 9.78 Å². The molecule has 36 heavy (non-hydrogen) atoms. The number of pyridine rings is 1. The molecule has 0 fully saturated rings. The number of carbonyl (C=O) groups excluding carboxylic acids is 1. The molecular formula is C29H34N2O5. The summed E-state index contributed by atoms with van der Waals surface area (Å²) in [6, 6.07) is 17.2. The van der Waals surface area contributed by atoms with E-state index in [0.29, 0.717) is 29.0 Å². The molecule has 1 heterocycles. The van der Waals surface area contributed by atoms with Crippen LogP contribution in [0.15, 0.2) is 66.9 Å². The molecule has 2 N–H and O–H groups in total. The van der Waals surface area contributed by atoms with E-state index in [4.69, 9.17) is 9.47 Å². The van der Waals surface area contributed by atoms with Gasteiger partial charge in [-0.15, -0.1) is 0 Å². The molecule has 1 amide bonds. The fourth-order valence-corrected chi connectivity index (χ4v) is 3.74. The summed E-state index contributed by atoms with van der Waals surface area (Å²) in [4.78, 5) is 28.0. The van der Waals surface area contributed by atoms with Gasteiger partial charge in [-0.1, -0.05) is 52.3 Å². The molecule has 0 spiro atoms. The number of hydrogen-bond donors (Lipinski definition) is 2. The largest absolute Gasteiger partial charge is 0.490 e. The number of ether oxygens (including phenoxy) is 2. The Labute approximate surface area is 212 Å². The fourth-order valence-electron chi connectivity index (χ4n) is 3.74. The van der Waals surface area contributed by atoms with Gasteiger partial charge in [-0.3, -0.25) is 4.79 Å². The van der Waals surface area contributed by atoms with Crippen LogP contribution < -0.4 is 14.8 Å². The molecule has 0 radical (unpaired) electrons. The molecule has 0 saturated carbocycles. The van der Waals surface area contributed by atoms with E-state index in [0.717, 1.165) is 18.6 Å². The predicted octanol–water partition coefficient (Wildman–Crippen LogP) is 6.59. The second-order valence-electron chi connectivity index (χ2n) is 9.33. The number of nitrogens with one attached hydrogen (secondary N) is 1. The number of carboxylic acid groups (broad SMARTS) is 1. The van der Waals surface area contributed by atoms with Crippen LogP contribution in [0.3, 0.4) is 0 Å². The maximum atomic E-state index is 12.4. The first-order valence-corrected chi connectivity index (χ1v) is 12.3. The van der Waals surface area contributed by atoms with E-state index in [-0.39, 0.29) is 29.7 Å². The van der Waals surface area contributed by atoms with Gasteiger partial charge in [0, 0.05) is 12.3 Å². The van der Waals surface area contributed by atoms with Crippen molar-refractivity contribution in [3.8, 4) is 17.4 Å². The summed E-state index contributed by atoms with van der Waals surface area (Å²) >= 11 is 0. The quantitative estimate of drug-likeness (QED) is 0.297. The first kappa shape index (κ1) is 26.7. The van der Waals surface area contributed by atoms with E-state index in [9.17, 15) is 14.7 Å². The summed E-state index contributed by atoms with van der Waals surface area (Å²) in [5.74, 6) is 1.46. The third kappa shape index (κ3) is 7.83. The number of nitrogens with zero attached hydrogens (tertiary/aromatic N) is 1. The highest BCUT2D eigenvalue weighted by atomic mass is 16.5. The number of hydrogen-bond acceptors (Lipinski definition) is 5. The van der Waals surface area contributed by atoms with Crippen molar-refractivity contribution in [2.24, 2.45) is 11.8 Å². The van der Waals surface area contributed by atoms with Crippen molar-refractivity contribution in [1.82, 2.24) is 4.98 Å². The van der Waals surface area contributed by atoms with Gasteiger partial charge in [0.05, 0.1) is 17.7 Å². The maximum absolute atomic E-state index is 12.4. The average molecular weight is 491 g/mol. The Balaban J connectivity index is 1.56. The Morgan fingerprint density at radius 2 is 1.67 bits per heavy atom. The highest BCUT2D eigenvalue weighted by Gasteiger charge is 2.19. The van der Waals surface area contributed by atoms with Crippen LogP contribution in [0.25, 0.3) is 0 Å². The highest BCUT2D eigenvalue weighted by Crippen LogP contribution is 2.27. The molecule has 0 aliphatic heterocycles. The van der Waals surface area contributed by atoms with E-state index < -0.39 is 5.97 Å². The van der Waals surface area contributed by atoms with Gasteiger partial charge in [0.2, 0.25) is 11.8 Å². The standard InChI is InChI=1S/C29H34N2O5/c1-5-20(4)26(16-19(2)3)35-22-11-13-23(14-12-22)36-28-15-10-21(18-30-28)17-27(32)31-25-9-7-6-8-24(25)29(33)34/h6-15,18-20,26H,5,16-17H2,1-4H3,(H,31,32)(H,33,34). The third-order valence-corrected chi connectivity index (χ3v) is 5.91. The number of benzene rings is 2. The van der Waals surface area contributed by atoms with Crippen LogP contribution in [-0.2, 0) is 11.2 Å². The van der Waals surface area contributed by atoms with Crippen LogP contribution in [0.5, 0.6) is 17.4 Å². The Bertz CT molecular complexity index is 1140. The second-order valence-corrected chi connectivity index (χ2v) is 9.33. The number of carbonyl (C=O) groups is 2. The lowest BCUT2D eigenvalue weighted by Crippen LogP contribution is -2.26. The normalized spacial score (nSPS) is 12.6. The number of anilines is 1. The van der Waals surface area contributed by atoms with E-state index in [1.165, 1.54) is 6.07 Å². The van der Waals surface area contributed by atoms with E-state index >= 15 is 0 Å². The predicted molar refractivity (Wildman–Crippen MR) is 140 cm³/mol. The first-order chi connectivity index (χ1) is 17.2. The van der Waals surface area contributed by atoms with Crippen LogP contribution in [0.4, 0.5) is 5.69 Å². The Hall–Kier alpha value is -3.87. The molecule has 0 saturated heterocycles. The summed E-state index contributed by atoms with van der Waals surface area (Å²) in [6.07, 6.45) is 3.87. The molecule has 2 atom stereocenters. The topological polar surface area (TPSA) is 97.8 Å². The lowest BCUT2D eigenvalue weighted by atomic mass is 9.94. The summed E-state index contributed by atoms with van der Waals surface area (Å²) in [7, 11) is 0. The lowest BCUT2D eigenvalue weighted by molar-refractivity contribution is -0.115. The van der Waals surface area contributed by atoms with Crippen LogP contribution in [0, 0.1) is 11.8 Å². The van der Waals surface area contributed by atoms with Gasteiger partial charge in [0.1, 0.15) is 17.6 Å². The lowest BCUT2D eigenvalue weighted by Gasteiger charge is -2.26. The minimum absolute atomic E-state index is 0.0412. The van der Waals surface area contributed by atoms with Crippen molar-refractivity contribution < 1.29 is 24.2 Å². The van der Waals surface area contributed by atoms with Crippen molar-refractivity contribution in [3.05, 3.63) is 78.0 Å². The molecule has 2 unspecified atom stereocenters. The summed E-state index contributed by atoms with van der Waals surface area (Å²) in [5.41, 5.74) is 0.979. The Morgan fingerprint density at radius 3 is 2.28 bits per heavy atom. The second kappa shape index (κ2) is 12.7. The highest BCUT2D eigenvalue weighted by molar-refractivity contribution is 6.00. The van der Waals surface area contributed by atoms with Crippen LogP contribution >= 0.6 is 0 Å². The molecule has 7 heteroatoms. The maximum Gasteiger partial charge on any atom is 0.337 e. The number of aromatic nitrogens is 1. The Kier molecular flexibility index (Phi) is 9.45. The van der Waals surface area contributed by atoms with Gasteiger partial charge in [0.15, 0.2) is 0 Å². The summed E-state index contributed by atoms with van der Waals surface area (Å²) in [5, 5.41) is 11.9. The van der Waals surface area contributed by atoms with Crippen molar-refractivity contribution in [2.45, 2.75) is 53.1 Å². The van der Waals surface area contributed by atoms with E-state index in [1.54, 1.807) is 36.5 Å². The van der Waals surface area contributed by atoms with E-state index in [2.05, 4.69) is 38.0 Å². The molecular weight excluding hydrogens is 456 g/mol. The number of carboxylic acids is 1. The first-order valence-electron chi connectivity index (χ1n) is 12.3. The van der Waals surface area contributed by atoms with Gasteiger partial charge in [0.25, 0.3) is 0 Å². The van der Waals surface area contributed by atoms with Gasteiger partial charge < -0.3 is 19.9 Å². The summed E-state index contributed by atoms with van der Waals surface area (Å²) < 4.78 is 12.1. The fraction of sp³-hybridized carbons (Fsp3) is 0.345. The molecule has 0 aliphatic carbocycles. The van der Waals surface area contributed by atoms with Gasteiger partial charge in [-0.05, 0) is 60.2 Å². The molecule has 0 aliphatic rings. The third-order valence-electron chi connectivity index (χ3n) is 5.91. The van der Waals surface area contributed by atoms with Crippen LogP contribution in [0.2, 0.25) is 0 Å². The molecule has 3 rings (SSSR count). The molecule has 1 aromatic heterocycles. The smallest absolute Gasteiger partial charge is 0.337 e. The number of rotatable bonds is 12.